The van der Waals surface area contributed by atoms with Gasteiger partial charge >= 0.3 is 0 Å². The van der Waals surface area contributed by atoms with Gasteiger partial charge in [0.25, 0.3) is 0 Å². The number of rotatable bonds is 4. The van der Waals surface area contributed by atoms with E-state index in [4.69, 9.17) is 4.89 Å². The highest BCUT2D eigenvalue weighted by atomic mass is 31.2. The molecule has 0 bridgehead atoms. The van der Waals surface area contributed by atoms with Crippen LogP contribution in [-0.4, -0.2) is 25.6 Å². The molecule has 0 aromatic rings. The van der Waals surface area contributed by atoms with Crippen LogP contribution >= 0.6 is 7.37 Å². The maximum Gasteiger partial charge on any atom is 0.197 e. The second kappa shape index (κ2) is 4.76. The molecule has 2 nitrogen and oxygen atoms in total. The molecule has 4 heteroatoms. The fourth-order valence-corrected chi connectivity index (χ4v) is 1.23. The molecule has 0 fully saturated rings. The van der Waals surface area contributed by atoms with Gasteiger partial charge in [-0.3, -0.25) is 4.57 Å². The molecule has 10 heavy (non-hydrogen) atoms. The first kappa shape index (κ1) is 9.99. The highest BCUT2D eigenvalue weighted by molar-refractivity contribution is 7.57. The molecule has 0 heterocycles. The topological polar surface area (TPSA) is 37.3 Å². The minimum atomic E-state index is -2.76. The third-order valence-electron chi connectivity index (χ3n) is 1.11. The van der Waals surface area contributed by atoms with Crippen LogP contribution in [0.15, 0.2) is 12.2 Å². The molecule has 58 valence electrons. The van der Waals surface area contributed by atoms with E-state index in [1.165, 1.54) is 6.66 Å². The van der Waals surface area contributed by atoms with Crippen LogP contribution < -0.4 is 0 Å². The van der Waals surface area contributed by atoms with Gasteiger partial charge < -0.3 is 4.89 Å². The Balaban J connectivity index is 3.38. The van der Waals surface area contributed by atoms with Crippen molar-refractivity contribution in [2.75, 3.05) is 12.8 Å². The molecule has 0 radical (unpaired) electrons. The van der Waals surface area contributed by atoms with Crippen LogP contribution in [0.2, 0.25) is 6.32 Å². The molecule has 1 atom stereocenters. The number of allylic oxidation sites excluding steroid dienone is 2. The summed E-state index contributed by atoms with van der Waals surface area (Å²) in [6.07, 6.45) is 6.09. The van der Waals surface area contributed by atoms with Crippen LogP contribution in [0.4, 0.5) is 0 Å². The summed E-state index contributed by atoms with van der Waals surface area (Å²) in [6, 6.07) is 0. The monoisotopic (exact) mass is 160 g/mol. The summed E-state index contributed by atoms with van der Waals surface area (Å²) in [5.74, 6) is 0. The molecule has 0 saturated heterocycles. The van der Waals surface area contributed by atoms with Crippen molar-refractivity contribution in [3.8, 4) is 0 Å². The van der Waals surface area contributed by atoms with Crippen molar-refractivity contribution in [3.05, 3.63) is 12.2 Å². The van der Waals surface area contributed by atoms with Crippen molar-refractivity contribution in [2.24, 2.45) is 0 Å². The van der Waals surface area contributed by atoms with Crippen LogP contribution in [0.1, 0.15) is 6.42 Å². The Kier molecular flexibility index (Phi) is 4.75. The Labute approximate surface area is 63.2 Å². The largest absolute Gasteiger partial charge is 0.344 e. The molecular weight excluding hydrogens is 146 g/mol. The third-order valence-corrected chi connectivity index (χ3v) is 2.20. The van der Waals surface area contributed by atoms with Crippen molar-refractivity contribution >= 4 is 15.2 Å². The summed E-state index contributed by atoms with van der Waals surface area (Å²) >= 11 is 0. The first-order valence-corrected chi connectivity index (χ1v) is 5.79. The van der Waals surface area contributed by atoms with Crippen molar-refractivity contribution in [2.45, 2.75) is 12.7 Å². The molecule has 0 aliphatic carbocycles. The van der Waals surface area contributed by atoms with E-state index >= 15 is 0 Å². The quantitative estimate of drug-likeness (QED) is 0.376. The average Bonchev–Trinajstić information content (AvgIpc) is 1.78. The predicted octanol–water partition coefficient (Wildman–Crippen LogP) is 0.884. The summed E-state index contributed by atoms with van der Waals surface area (Å²) in [6.45, 7) is 1.40. The highest BCUT2D eigenvalue weighted by Gasteiger charge is 2.05. The lowest BCUT2D eigenvalue weighted by molar-refractivity contribution is 0.485. The summed E-state index contributed by atoms with van der Waals surface area (Å²) in [7, 11) is -0.715. The van der Waals surface area contributed by atoms with E-state index in [2.05, 4.69) is 0 Å². The van der Waals surface area contributed by atoms with Gasteiger partial charge in [-0.25, -0.2) is 0 Å². The van der Waals surface area contributed by atoms with Gasteiger partial charge in [0.15, 0.2) is 7.37 Å². The predicted molar refractivity (Wildman–Crippen MR) is 47.7 cm³/mol. The lowest BCUT2D eigenvalue weighted by Gasteiger charge is -1.99. The van der Waals surface area contributed by atoms with Gasteiger partial charge in [0.05, 0.1) is 0 Å². The summed E-state index contributed by atoms with van der Waals surface area (Å²) in [4.78, 5) is 8.84. The fraction of sp³-hybridized carbons (Fsp3) is 0.667. The van der Waals surface area contributed by atoms with Gasteiger partial charge in [-0.15, -0.1) is 0 Å². The molecule has 0 rings (SSSR count). The normalized spacial score (nSPS) is 17.4. The average molecular weight is 160 g/mol. The second-order valence-corrected chi connectivity index (χ2v) is 4.99. The van der Waals surface area contributed by atoms with E-state index < -0.39 is 7.37 Å². The van der Waals surface area contributed by atoms with E-state index in [0.717, 1.165) is 12.7 Å². The van der Waals surface area contributed by atoms with Crippen LogP contribution in [0.3, 0.4) is 0 Å². The first-order valence-electron chi connectivity index (χ1n) is 3.50. The molecule has 0 aromatic heterocycles. The Morgan fingerprint density at radius 1 is 1.60 bits per heavy atom. The second-order valence-electron chi connectivity index (χ2n) is 2.44. The zero-order valence-corrected chi connectivity index (χ0v) is 7.47. The van der Waals surface area contributed by atoms with Gasteiger partial charge in [0.2, 0.25) is 0 Å². The fourth-order valence-electron chi connectivity index (χ4n) is 0.599. The SMILES string of the molecule is BC/C=C\CCP(C)(=O)O. The lowest BCUT2D eigenvalue weighted by atomic mass is 10.1. The van der Waals surface area contributed by atoms with Crippen molar-refractivity contribution in [1.82, 2.24) is 0 Å². The van der Waals surface area contributed by atoms with Crippen molar-refractivity contribution in [3.63, 3.8) is 0 Å². The molecule has 0 aromatic carbocycles. The molecule has 0 spiro atoms. The van der Waals surface area contributed by atoms with E-state index in [1.807, 2.05) is 20.0 Å². The zero-order valence-electron chi connectivity index (χ0n) is 6.58. The molecule has 1 N–H and O–H groups in total. The van der Waals surface area contributed by atoms with E-state index in [0.29, 0.717) is 6.16 Å². The zero-order chi connectivity index (χ0) is 8.04. The van der Waals surface area contributed by atoms with Gasteiger partial charge in [0, 0.05) is 12.8 Å². The van der Waals surface area contributed by atoms with Gasteiger partial charge in [-0.1, -0.05) is 18.5 Å². The smallest absolute Gasteiger partial charge is 0.197 e. The van der Waals surface area contributed by atoms with E-state index in [1.54, 1.807) is 0 Å². The molecule has 0 aliphatic heterocycles. The van der Waals surface area contributed by atoms with Gasteiger partial charge in [-0.2, -0.15) is 0 Å². The minimum Gasteiger partial charge on any atom is -0.344 e. The van der Waals surface area contributed by atoms with Gasteiger partial charge in [-0.05, 0) is 6.42 Å². The summed E-state index contributed by atoms with van der Waals surface area (Å²) < 4.78 is 10.7. The molecule has 0 saturated carbocycles. The van der Waals surface area contributed by atoms with Crippen LogP contribution in [-0.2, 0) is 4.57 Å². The van der Waals surface area contributed by atoms with Gasteiger partial charge in [0.1, 0.15) is 7.85 Å². The number of hydrogen-bond acceptors (Lipinski definition) is 1. The van der Waals surface area contributed by atoms with E-state index in [9.17, 15) is 4.57 Å². The number of hydrogen-bond donors (Lipinski definition) is 1. The van der Waals surface area contributed by atoms with E-state index in [-0.39, 0.29) is 0 Å². The van der Waals surface area contributed by atoms with Crippen molar-refractivity contribution in [1.29, 1.82) is 0 Å². The summed E-state index contributed by atoms with van der Waals surface area (Å²) in [5.41, 5.74) is 0. The molecule has 0 aliphatic rings. The Morgan fingerprint density at radius 3 is 2.60 bits per heavy atom. The standard InChI is InChI=1S/C6H14BO2P/c1-10(8,9)6-4-2-3-5-7/h2-3H,4-7H2,1H3,(H,8,9)/b3-2-. The lowest BCUT2D eigenvalue weighted by Crippen LogP contribution is -1.83. The summed E-state index contributed by atoms with van der Waals surface area (Å²) in [5, 5.41) is 0. The molecular formula is C6H14BO2P. The van der Waals surface area contributed by atoms with Crippen molar-refractivity contribution < 1.29 is 9.46 Å². The van der Waals surface area contributed by atoms with Crippen LogP contribution in [0.5, 0.6) is 0 Å². The third kappa shape index (κ3) is 7.99. The van der Waals surface area contributed by atoms with Crippen LogP contribution in [0.25, 0.3) is 0 Å². The molecule has 1 unspecified atom stereocenters. The minimum absolute atomic E-state index is 0.406. The highest BCUT2D eigenvalue weighted by Crippen LogP contribution is 2.35. The Morgan fingerprint density at radius 2 is 2.20 bits per heavy atom. The maximum atomic E-state index is 10.7. The molecule has 0 amide bonds. The van der Waals surface area contributed by atoms with Crippen LogP contribution in [0, 0.1) is 0 Å². The Hall–Kier alpha value is -0.00506. The Bertz CT molecular complexity index is 150. The maximum absolute atomic E-state index is 10.7. The first-order chi connectivity index (χ1) is 4.56.